The molecule has 1 unspecified atom stereocenters. The monoisotopic (exact) mass is 224 g/mol. The van der Waals surface area contributed by atoms with Crippen molar-refractivity contribution < 1.29 is 14.7 Å². The SMILES string of the molecule is Cc1cc(C(=O)O)c(C)n1C(C)CC(N)=O. The third-order valence-electron chi connectivity index (χ3n) is 2.65. The number of nitrogens with zero attached hydrogens (tertiary/aromatic N) is 1. The molecule has 0 aliphatic carbocycles. The first kappa shape index (κ1) is 12.3. The summed E-state index contributed by atoms with van der Waals surface area (Å²) >= 11 is 0. The highest BCUT2D eigenvalue weighted by atomic mass is 16.4. The van der Waals surface area contributed by atoms with E-state index in [1.807, 2.05) is 18.4 Å². The number of rotatable bonds is 4. The number of aryl methyl sites for hydroxylation is 1. The summed E-state index contributed by atoms with van der Waals surface area (Å²) in [6.07, 6.45) is 0.204. The van der Waals surface area contributed by atoms with Crippen LogP contribution in [0.5, 0.6) is 0 Å². The molecular formula is C11H16N2O3. The Morgan fingerprint density at radius 1 is 1.50 bits per heavy atom. The lowest BCUT2D eigenvalue weighted by Crippen LogP contribution is -2.19. The molecule has 1 aromatic heterocycles. The van der Waals surface area contributed by atoms with Crippen LogP contribution in [-0.2, 0) is 4.79 Å². The molecule has 88 valence electrons. The molecule has 0 aromatic carbocycles. The molecule has 1 amide bonds. The van der Waals surface area contributed by atoms with Crippen LogP contribution in [0, 0.1) is 13.8 Å². The maximum absolute atomic E-state index is 10.9. The van der Waals surface area contributed by atoms with Gasteiger partial charge in [0, 0.05) is 23.9 Å². The minimum Gasteiger partial charge on any atom is -0.478 e. The zero-order valence-electron chi connectivity index (χ0n) is 9.65. The first-order chi connectivity index (χ1) is 7.34. The molecule has 0 aliphatic heterocycles. The third-order valence-corrected chi connectivity index (χ3v) is 2.65. The Bertz CT molecular complexity index is 435. The number of hydrogen-bond acceptors (Lipinski definition) is 2. The van der Waals surface area contributed by atoms with Crippen LogP contribution in [0.15, 0.2) is 6.07 Å². The number of carbonyl (C=O) groups is 2. The van der Waals surface area contributed by atoms with E-state index >= 15 is 0 Å². The van der Waals surface area contributed by atoms with E-state index in [2.05, 4.69) is 0 Å². The molecule has 0 fully saturated rings. The van der Waals surface area contributed by atoms with Gasteiger partial charge in [0.2, 0.25) is 5.91 Å². The fraction of sp³-hybridized carbons (Fsp3) is 0.455. The maximum Gasteiger partial charge on any atom is 0.337 e. The lowest BCUT2D eigenvalue weighted by molar-refractivity contribution is -0.118. The second-order valence-electron chi connectivity index (χ2n) is 3.98. The van der Waals surface area contributed by atoms with Crippen molar-refractivity contribution in [3.8, 4) is 0 Å². The molecule has 1 atom stereocenters. The molecule has 1 rings (SSSR count). The molecule has 0 saturated heterocycles. The third kappa shape index (κ3) is 2.24. The van der Waals surface area contributed by atoms with Crippen molar-refractivity contribution in [3.05, 3.63) is 23.0 Å². The molecule has 0 spiro atoms. The van der Waals surface area contributed by atoms with E-state index in [1.54, 1.807) is 13.0 Å². The van der Waals surface area contributed by atoms with Crippen LogP contribution in [-0.4, -0.2) is 21.6 Å². The van der Waals surface area contributed by atoms with Gasteiger partial charge < -0.3 is 15.4 Å². The number of carboxylic acid groups (broad SMARTS) is 1. The van der Waals surface area contributed by atoms with Gasteiger partial charge in [0.05, 0.1) is 5.56 Å². The highest BCUT2D eigenvalue weighted by Gasteiger charge is 2.18. The number of aromatic carboxylic acids is 1. The Morgan fingerprint density at radius 2 is 2.06 bits per heavy atom. The summed E-state index contributed by atoms with van der Waals surface area (Å²) in [5, 5.41) is 8.96. The zero-order chi connectivity index (χ0) is 12.5. The van der Waals surface area contributed by atoms with Gasteiger partial charge in [0.1, 0.15) is 0 Å². The molecule has 1 heterocycles. The van der Waals surface area contributed by atoms with E-state index in [0.29, 0.717) is 5.69 Å². The highest BCUT2D eigenvalue weighted by molar-refractivity contribution is 5.89. The van der Waals surface area contributed by atoms with Crippen molar-refractivity contribution in [2.24, 2.45) is 5.73 Å². The van der Waals surface area contributed by atoms with Gasteiger partial charge in [-0.15, -0.1) is 0 Å². The topological polar surface area (TPSA) is 85.3 Å². The van der Waals surface area contributed by atoms with Gasteiger partial charge in [-0.3, -0.25) is 4.79 Å². The van der Waals surface area contributed by atoms with E-state index in [9.17, 15) is 9.59 Å². The normalized spacial score (nSPS) is 12.4. The highest BCUT2D eigenvalue weighted by Crippen LogP contribution is 2.22. The lowest BCUT2D eigenvalue weighted by atomic mass is 10.2. The first-order valence-electron chi connectivity index (χ1n) is 5.04. The van der Waals surface area contributed by atoms with Crippen molar-refractivity contribution in [1.82, 2.24) is 4.57 Å². The Hall–Kier alpha value is -1.78. The van der Waals surface area contributed by atoms with Crippen LogP contribution in [0.1, 0.15) is 41.1 Å². The number of amides is 1. The van der Waals surface area contributed by atoms with Crippen LogP contribution >= 0.6 is 0 Å². The predicted molar refractivity (Wildman–Crippen MR) is 59.4 cm³/mol. The van der Waals surface area contributed by atoms with E-state index < -0.39 is 11.9 Å². The van der Waals surface area contributed by atoms with Gasteiger partial charge in [0.25, 0.3) is 0 Å². The largest absolute Gasteiger partial charge is 0.478 e. The quantitative estimate of drug-likeness (QED) is 0.806. The van der Waals surface area contributed by atoms with Gasteiger partial charge >= 0.3 is 5.97 Å². The average molecular weight is 224 g/mol. The fourth-order valence-corrected chi connectivity index (χ4v) is 2.05. The maximum atomic E-state index is 10.9. The van der Waals surface area contributed by atoms with Crippen LogP contribution in [0.4, 0.5) is 0 Å². The minimum absolute atomic E-state index is 0.120. The summed E-state index contributed by atoms with van der Waals surface area (Å²) < 4.78 is 1.83. The van der Waals surface area contributed by atoms with E-state index in [1.165, 1.54) is 0 Å². The van der Waals surface area contributed by atoms with Gasteiger partial charge in [-0.1, -0.05) is 0 Å². The number of carboxylic acids is 1. The van der Waals surface area contributed by atoms with Gasteiger partial charge in [-0.2, -0.15) is 0 Å². The number of aromatic nitrogens is 1. The van der Waals surface area contributed by atoms with Gasteiger partial charge in [0.15, 0.2) is 0 Å². The molecule has 0 radical (unpaired) electrons. The smallest absolute Gasteiger partial charge is 0.337 e. The standard InChI is InChI=1S/C11H16N2O3/c1-6-4-9(11(15)16)8(3)13(6)7(2)5-10(12)14/h4,7H,5H2,1-3H3,(H2,12,14)(H,15,16). The molecule has 0 saturated carbocycles. The van der Waals surface area contributed by atoms with Crippen molar-refractivity contribution in [2.75, 3.05) is 0 Å². The Morgan fingerprint density at radius 3 is 2.44 bits per heavy atom. The number of primary amides is 1. The van der Waals surface area contributed by atoms with Gasteiger partial charge in [-0.05, 0) is 26.8 Å². The molecule has 5 nitrogen and oxygen atoms in total. The Balaban J connectivity index is 3.13. The Labute approximate surface area is 93.9 Å². The number of hydrogen-bond donors (Lipinski definition) is 2. The van der Waals surface area contributed by atoms with Crippen LogP contribution in [0.2, 0.25) is 0 Å². The summed E-state index contributed by atoms with van der Waals surface area (Å²) in [5.41, 5.74) is 6.88. The summed E-state index contributed by atoms with van der Waals surface area (Å²) in [6, 6.07) is 1.49. The Kier molecular flexibility index (Phi) is 3.37. The molecule has 3 N–H and O–H groups in total. The molecule has 16 heavy (non-hydrogen) atoms. The van der Waals surface area contributed by atoms with Crippen LogP contribution < -0.4 is 5.73 Å². The van der Waals surface area contributed by atoms with Crippen molar-refractivity contribution in [2.45, 2.75) is 33.2 Å². The first-order valence-corrected chi connectivity index (χ1v) is 5.04. The molecular weight excluding hydrogens is 208 g/mol. The van der Waals surface area contributed by atoms with Gasteiger partial charge in [-0.25, -0.2) is 4.79 Å². The van der Waals surface area contributed by atoms with E-state index in [4.69, 9.17) is 10.8 Å². The minimum atomic E-state index is -0.953. The van der Waals surface area contributed by atoms with Crippen molar-refractivity contribution in [3.63, 3.8) is 0 Å². The summed E-state index contributed by atoms with van der Waals surface area (Å²) in [7, 11) is 0. The molecule has 0 bridgehead atoms. The molecule has 0 aliphatic rings. The zero-order valence-corrected chi connectivity index (χ0v) is 9.65. The second kappa shape index (κ2) is 4.38. The summed E-state index contributed by atoms with van der Waals surface area (Å²) in [5.74, 6) is -1.34. The molecule has 1 aromatic rings. The van der Waals surface area contributed by atoms with Crippen molar-refractivity contribution >= 4 is 11.9 Å². The number of carbonyl (C=O) groups excluding carboxylic acids is 1. The van der Waals surface area contributed by atoms with Crippen molar-refractivity contribution in [1.29, 1.82) is 0 Å². The lowest BCUT2D eigenvalue weighted by Gasteiger charge is -2.16. The second-order valence-corrected chi connectivity index (χ2v) is 3.98. The molecule has 5 heteroatoms. The predicted octanol–water partition coefficient (Wildman–Crippen LogP) is 1.24. The van der Waals surface area contributed by atoms with E-state index in [-0.39, 0.29) is 18.0 Å². The fourth-order valence-electron chi connectivity index (χ4n) is 2.05. The number of nitrogens with two attached hydrogens (primary N) is 1. The van der Waals surface area contributed by atoms with E-state index in [0.717, 1.165) is 5.69 Å². The van der Waals surface area contributed by atoms with Crippen LogP contribution in [0.25, 0.3) is 0 Å². The summed E-state index contributed by atoms with van der Waals surface area (Å²) in [6.45, 7) is 5.39. The average Bonchev–Trinajstić information content (AvgIpc) is 2.40. The van der Waals surface area contributed by atoms with Crippen LogP contribution in [0.3, 0.4) is 0 Å². The summed E-state index contributed by atoms with van der Waals surface area (Å²) in [4.78, 5) is 21.8.